The zero-order valence-corrected chi connectivity index (χ0v) is 33.4. The maximum atomic E-state index is 13.5. The van der Waals surface area contributed by atoms with Crippen LogP contribution < -0.4 is 32.7 Å². The smallest absolute Gasteiger partial charge is 0.326 e. The molecule has 0 aliphatic carbocycles. The molecule has 0 rings (SSSR count). The lowest BCUT2D eigenvalue weighted by molar-refractivity contribution is -0.145. The Kier molecular flexibility index (Phi) is 27.5. The quantitative estimate of drug-likeness (QED) is 0.0240. The molecule has 6 atom stereocenters. The van der Waals surface area contributed by atoms with E-state index in [1.54, 1.807) is 0 Å². The Morgan fingerprint density at radius 2 is 0.821 bits per heavy atom. The molecule has 24 heteroatoms. The van der Waals surface area contributed by atoms with Crippen molar-refractivity contribution in [2.75, 3.05) is 66.4 Å². The van der Waals surface area contributed by atoms with Crippen molar-refractivity contribution >= 4 is 69.1 Å². The molecular formula is C32H56N6O16S2. The van der Waals surface area contributed by atoms with Gasteiger partial charge in [0, 0.05) is 64.6 Å². The second kappa shape index (κ2) is 29.5. The van der Waals surface area contributed by atoms with Crippen molar-refractivity contribution in [3.8, 4) is 0 Å². The van der Waals surface area contributed by atoms with Crippen molar-refractivity contribution in [1.29, 1.82) is 0 Å². The first-order valence-electron chi connectivity index (χ1n) is 17.3. The number of carboxylic acids is 4. The number of carbonyl (C=O) groups is 8. The van der Waals surface area contributed by atoms with Gasteiger partial charge in [-0.2, -0.15) is 0 Å². The van der Waals surface area contributed by atoms with E-state index in [0.717, 1.165) is 21.6 Å². The van der Waals surface area contributed by atoms with E-state index in [4.69, 9.17) is 40.6 Å². The van der Waals surface area contributed by atoms with Gasteiger partial charge in [0.2, 0.25) is 23.6 Å². The van der Waals surface area contributed by atoms with Crippen molar-refractivity contribution in [3.63, 3.8) is 0 Å². The van der Waals surface area contributed by atoms with E-state index in [-0.39, 0.29) is 76.5 Å². The standard InChI is InChI=1S/C32H56N6O16S2/c1-51-11-17(12-52-2)25(31(47)48)37-27(41)21(35-23(39)9-5-7-19(33)29(43)44)15-55-56-16-22(36-24(40)10-6-8-20(34)30(45)46)28(42)38-26(32(49)50)18(13-53-3)14-54-4/h17-22,25-26H,5-16,33-34H2,1-4H3,(H,35,39)(H,36,40)(H,37,41)(H,38,42)(H,43,44)(H,45,46)(H,47,48)(H,49,50)/t19-,20-,21?,22?,25+,26+/m0/s1. The van der Waals surface area contributed by atoms with Gasteiger partial charge in [-0.25, -0.2) is 9.59 Å². The summed E-state index contributed by atoms with van der Waals surface area (Å²) < 4.78 is 20.3. The molecule has 0 aliphatic rings. The Morgan fingerprint density at radius 1 is 0.518 bits per heavy atom. The minimum atomic E-state index is -1.50. The Balaban J connectivity index is 6.15. The summed E-state index contributed by atoms with van der Waals surface area (Å²) in [6.45, 7) is -0.395. The van der Waals surface area contributed by atoms with Gasteiger partial charge in [0.1, 0.15) is 36.3 Å². The summed E-state index contributed by atoms with van der Waals surface area (Å²) in [6, 6.07) is -8.14. The van der Waals surface area contributed by atoms with Gasteiger partial charge in [0.15, 0.2) is 0 Å². The van der Waals surface area contributed by atoms with E-state index in [2.05, 4.69) is 21.3 Å². The van der Waals surface area contributed by atoms with Gasteiger partial charge in [-0.1, -0.05) is 21.6 Å². The highest BCUT2D eigenvalue weighted by atomic mass is 33.1. The van der Waals surface area contributed by atoms with Crippen molar-refractivity contribution in [2.24, 2.45) is 23.3 Å². The fourth-order valence-electron chi connectivity index (χ4n) is 4.95. The third-order valence-electron chi connectivity index (χ3n) is 7.92. The molecule has 0 spiro atoms. The van der Waals surface area contributed by atoms with Crippen LogP contribution in [0.1, 0.15) is 38.5 Å². The summed E-state index contributed by atoms with van der Waals surface area (Å²) >= 11 is 0. The Hall–Kier alpha value is -3.78. The number of amides is 4. The summed E-state index contributed by atoms with van der Waals surface area (Å²) in [5.74, 6) is -10.5. The molecule has 0 aromatic heterocycles. The van der Waals surface area contributed by atoms with Crippen LogP contribution in [0.3, 0.4) is 0 Å². The maximum Gasteiger partial charge on any atom is 0.326 e. The molecule has 12 N–H and O–H groups in total. The molecular weight excluding hydrogens is 789 g/mol. The van der Waals surface area contributed by atoms with E-state index < -0.39 is 95.6 Å². The lowest BCUT2D eigenvalue weighted by Crippen LogP contribution is -2.56. The van der Waals surface area contributed by atoms with Crippen LogP contribution in [0.5, 0.6) is 0 Å². The van der Waals surface area contributed by atoms with Gasteiger partial charge < -0.3 is 72.1 Å². The molecule has 56 heavy (non-hydrogen) atoms. The molecule has 0 aromatic carbocycles. The van der Waals surface area contributed by atoms with E-state index in [9.17, 15) is 48.6 Å². The summed E-state index contributed by atoms with van der Waals surface area (Å²) in [7, 11) is 7.24. The molecule has 0 bridgehead atoms. The highest BCUT2D eigenvalue weighted by Gasteiger charge is 2.35. The zero-order valence-electron chi connectivity index (χ0n) is 31.8. The highest BCUT2D eigenvalue weighted by molar-refractivity contribution is 8.76. The van der Waals surface area contributed by atoms with E-state index in [0.29, 0.717) is 0 Å². The molecule has 0 saturated carbocycles. The third-order valence-corrected chi connectivity index (χ3v) is 10.3. The number of nitrogens with two attached hydrogens (primary N) is 2. The van der Waals surface area contributed by atoms with Crippen LogP contribution in [0.25, 0.3) is 0 Å². The van der Waals surface area contributed by atoms with Crippen LogP contribution in [0.2, 0.25) is 0 Å². The van der Waals surface area contributed by atoms with Crippen molar-refractivity contribution < 1.29 is 77.7 Å². The van der Waals surface area contributed by atoms with Gasteiger partial charge >= 0.3 is 23.9 Å². The number of hydrogen-bond acceptors (Lipinski definition) is 16. The summed E-state index contributed by atoms with van der Waals surface area (Å²) in [5, 5.41) is 47.6. The second-order valence-electron chi connectivity index (χ2n) is 12.5. The summed E-state index contributed by atoms with van der Waals surface area (Å²) in [6.07, 6.45) is -0.397. The normalized spacial score (nSPS) is 14.5. The van der Waals surface area contributed by atoms with Gasteiger partial charge in [-0.3, -0.25) is 28.8 Å². The fourth-order valence-corrected chi connectivity index (χ4v) is 7.28. The number of hydrogen-bond donors (Lipinski definition) is 10. The molecule has 0 saturated heterocycles. The van der Waals surface area contributed by atoms with Crippen molar-refractivity contribution in [3.05, 3.63) is 0 Å². The molecule has 0 aliphatic heterocycles. The summed E-state index contributed by atoms with van der Waals surface area (Å²) in [4.78, 5) is 99.0. The largest absolute Gasteiger partial charge is 0.480 e. The van der Waals surface area contributed by atoms with Crippen molar-refractivity contribution in [2.45, 2.75) is 74.8 Å². The first-order valence-corrected chi connectivity index (χ1v) is 19.7. The van der Waals surface area contributed by atoms with Crippen LogP contribution in [0.4, 0.5) is 0 Å². The maximum absolute atomic E-state index is 13.5. The molecule has 0 heterocycles. The van der Waals surface area contributed by atoms with E-state index in [1.807, 2.05) is 0 Å². The van der Waals surface area contributed by atoms with Crippen LogP contribution >= 0.6 is 21.6 Å². The minimum absolute atomic E-state index is 0.0387. The number of ether oxygens (including phenoxy) is 4. The average Bonchev–Trinajstić information content (AvgIpc) is 3.12. The van der Waals surface area contributed by atoms with Crippen LogP contribution in [0.15, 0.2) is 0 Å². The monoisotopic (exact) mass is 844 g/mol. The average molecular weight is 845 g/mol. The zero-order chi connectivity index (χ0) is 42.8. The number of carbonyl (C=O) groups excluding carboxylic acids is 4. The minimum Gasteiger partial charge on any atom is -0.480 e. The molecule has 322 valence electrons. The van der Waals surface area contributed by atoms with Gasteiger partial charge in [0.25, 0.3) is 0 Å². The van der Waals surface area contributed by atoms with Crippen LogP contribution in [0, 0.1) is 11.8 Å². The number of rotatable bonds is 33. The SMILES string of the molecule is COCC(COC)[C@@H](NC(=O)C(CSSCC(NC(=O)CCC[C@H](N)C(=O)O)C(=O)N[C@@H](C(=O)O)C(COC)COC)NC(=O)CCC[C@H](N)C(=O)O)C(=O)O. The first kappa shape index (κ1) is 52.2. The number of aliphatic carboxylic acids is 4. The Labute approximate surface area is 332 Å². The summed E-state index contributed by atoms with van der Waals surface area (Å²) in [5.41, 5.74) is 11.0. The molecule has 0 fully saturated rings. The first-order chi connectivity index (χ1) is 26.4. The number of carboxylic acid groups (broad SMARTS) is 4. The van der Waals surface area contributed by atoms with E-state index in [1.165, 1.54) is 28.4 Å². The topological polar surface area (TPSA) is 355 Å². The van der Waals surface area contributed by atoms with Crippen LogP contribution in [-0.2, 0) is 57.3 Å². The lowest BCUT2D eigenvalue weighted by atomic mass is 10.0. The van der Waals surface area contributed by atoms with Gasteiger partial charge in [0.05, 0.1) is 26.4 Å². The van der Waals surface area contributed by atoms with Crippen molar-refractivity contribution in [1.82, 2.24) is 21.3 Å². The number of nitrogens with one attached hydrogen (secondary N) is 4. The molecule has 4 amide bonds. The Morgan fingerprint density at radius 3 is 1.07 bits per heavy atom. The second-order valence-corrected chi connectivity index (χ2v) is 15.0. The Bertz CT molecular complexity index is 1180. The highest BCUT2D eigenvalue weighted by Crippen LogP contribution is 2.24. The lowest BCUT2D eigenvalue weighted by Gasteiger charge is -2.27. The predicted molar refractivity (Wildman–Crippen MR) is 201 cm³/mol. The molecule has 22 nitrogen and oxygen atoms in total. The van der Waals surface area contributed by atoms with E-state index >= 15 is 0 Å². The van der Waals surface area contributed by atoms with Gasteiger partial charge in [-0.15, -0.1) is 0 Å². The number of methoxy groups -OCH3 is 4. The fraction of sp³-hybridized carbons (Fsp3) is 0.750. The molecule has 0 aromatic rings. The third kappa shape index (κ3) is 21.5. The predicted octanol–water partition coefficient (Wildman–Crippen LogP) is -2.54. The molecule has 2 unspecified atom stereocenters. The van der Waals surface area contributed by atoms with Crippen LogP contribution in [-0.4, -0.2) is 171 Å². The molecule has 0 radical (unpaired) electrons. The van der Waals surface area contributed by atoms with Gasteiger partial charge in [-0.05, 0) is 25.7 Å².